The lowest BCUT2D eigenvalue weighted by Crippen LogP contribution is -2.37. The average Bonchev–Trinajstić information content (AvgIpc) is 3.46. The molecule has 2 aromatic carbocycles. The van der Waals surface area contributed by atoms with E-state index in [-0.39, 0.29) is 34.6 Å². The van der Waals surface area contributed by atoms with Gasteiger partial charge < -0.3 is 29.9 Å². The summed E-state index contributed by atoms with van der Waals surface area (Å²) >= 11 is 6.28. The van der Waals surface area contributed by atoms with Crippen LogP contribution in [0.5, 0.6) is 5.75 Å². The number of nitrogens with two attached hydrogens (primary N) is 1. The summed E-state index contributed by atoms with van der Waals surface area (Å²) in [5.74, 6) is -0.442. The van der Waals surface area contributed by atoms with Crippen LogP contribution < -0.4 is 15.3 Å². The molecule has 16 heteroatoms. The molecule has 0 radical (unpaired) electrons. The number of aliphatic hydroxyl groups is 2. The molecule has 2 aromatic heterocycles. The number of halogens is 1. The van der Waals surface area contributed by atoms with Crippen molar-refractivity contribution in [3.63, 3.8) is 0 Å². The number of esters is 1. The van der Waals surface area contributed by atoms with Gasteiger partial charge >= 0.3 is 13.7 Å². The number of rotatable bonds is 11. The fourth-order valence-electron chi connectivity index (χ4n) is 4.23. The number of para-hydroxylation sites is 1. The number of aromatic nitrogens is 4. The number of nitrogens with zero attached hydrogens (tertiary/aromatic N) is 4. The van der Waals surface area contributed by atoms with E-state index in [0.717, 1.165) is 5.56 Å². The van der Waals surface area contributed by atoms with Gasteiger partial charge in [0.15, 0.2) is 23.2 Å². The maximum atomic E-state index is 13.9. The minimum Gasteiger partial charge on any atom is -0.460 e. The van der Waals surface area contributed by atoms with Gasteiger partial charge in [-0.05, 0) is 36.2 Å². The summed E-state index contributed by atoms with van der Waals surface area (Å²) in [7, 11) is -4.29. The number of anilines is 1. The highest BCUT2D eigenvalue weighted by Crippen LogP contribution is 2.46. The Labute approximate surface area is 245 Å². The lowest BCUT2D eigenvalue weighted by atomic mass is 10.1. The summed E-state index contributed by atoms with van der Waals surface area (Å²) in [5.41, 5.74) is 6.99. The van der Waals surface area contributed by atoms with Crippen molar-refractivity contribution in [2.45, 2.75) is 44.1 Å². The lowest BCUT2D eigenvalue weighted by molar-refractivity contribution is -0.146. The molecule has 0 saturated carbocycles. The quantitative estimate of drug-likeness (QED) is 0.109. The topological polar surface area (TPSA) is 193 Å². The largest absolute Gasteiger partial charge is 0.460 e. The first kappa shape index (κ1) is 29.9. The zero-order valence-electron chi connectivity index (χ0n) is 22.2. The first-order valence-corrected chi connectivity index (χ1v) is 14.7. The van der Waals surface area contributed by atoms with Gasteiger partial charge in [-0.1, -0.05) is 48.5 Å². The van der Waals surface area contributed by atoms with Crippen molar-refractivity contribution in [1.82, 2.24) is 24.6 Å². The molecule has 222 valence electrons. The molecule has 0 amide bonds. The molecule has 14 nitrogen and oxygen atoms in total. The Balaban J connectivity index is 1.30. The molecule has 0 bridgehead atoms. The molecule has 1 aliphatic heterocycles. The summed E-state index contributed by atoms with van der Waals surface area (Å²) in [6.45, 7) is 0.941. The normalized spacial score (nSPS) is 22.5. The van der Waals surface area contributed by atoms with E-state index in [1.54, 1.807) is 42.5 Å². The third-order valence-corrected chi connectivity index (χ3v) is 8.27. The van der Waals surface area contributed by atoms with E-state index in [9.17, 15) is 19.6 Å². The molecule has 1 saturated heterocycles. The predicted molar refractivity (Wildman–Crippen MR) is 150 cm³/mol. The van der Waals surface area contributed by atoms with E-state index in [4.69, 9.17) is 35.9 Å². The van der Waals surface area contributed by atoms with E-state index >= 15 is 0 Å². The van der Waals surface area contributed by atoms with Crippen molar-refractivity contribution in [3.8, 4) is 5.75 Å². The Morgan fingerprint density at radius 1 is 1.14 bits per heavy atom. The lowest BCUT2D eigenvalue weighted by Gasteiger charge is -2.24. The van der Waals surface area contributed by atoms with Crippen LogP contribution in [0.1, 0.15) is 18.7 Å². The summed E-state index contributed by atoms with van der Waals surface area (Å²) < 4.78 is 37.6. The minimum atomic E-state index is -4.29. The van der Waals surface area contributed by atoms with Crippen LogP contribution in [0.15, 0.2) is 67.0 Å². The molecule has 2 unspecified atom stereocenters. The molecular weight excluding hydrogens is 591 g/mol. The van der Waals surface area contributed by atoms with Gasteiger partial charge in [-0.25, -0.2) is 19.5 Å². The fourth-order valence-corrected chi connectivity index (χ4v) is 5.99. The predicted octanol–water partition coefficient (Wildman–Crippen LogP) is 2.61. The van der Waals surface area contributed by atoms with Crippen LogP contribution in [0.3, 0.4) is 0 Å². The van der Waals surface area contributed by atoms with Gasteiger partial charge in [0.1, 0.15) is 43.0 Å². The third kappa shape index (κ3) is 6.55. The number of hydrogen-bond acceptors (Lipinski definition) is 12. The SMILES string of the molecule is C[C@@H](NP(=O)(OC[C@H]1O[C@@H](n2c(Cl)nc3c(N)ncnc32)[C@@H](O)C1O)Oc1ccccc1)C(=O)OCc1ccccc1. The summed E-state index contributed by atoms with van der Waals surface area (Å²) in [6, 6.07) is 16.1. The second-order valence-corrected chi connectivity index (χ2v) is 11.4. The number of carbonyl (C=O) groups excluding carboxylic acids is 1. The minimum absolute atomic E-state index is 0.0137. The number of aliphatic hydroxyl groups excluding tert-OH is 2. The number of nitrogen functional groups attached to an aromatic ring is 1. The number of benzene rings is 2. The van der Waals surface area contributed by atoms with Gasteiger partial charge in [0.25, 0.3) is 0 Å². The van der Waals surface area contributed by atoms with Gasteiger partial charge in [0.05, 0.1) is 6.61 Å². The molecule has 1 fully saturated rings. The Kier molecular flexibility index (Phi) is 9.04. The molecule has 5 rings (SSSR count). The monoisotopic (exact) mass is 618 g/mol. The van der Waals surface area contributed by atoms with Crippen LogP contribution in [-0.2, 0) is 30.0 Å². The number of nitrogens with one attached hydrogen (secondary N) is 1. The van der Waals surface area contributed by atoms with Crippen LogP contribution in [0, 0.1) is 0 Å². The molecule has 0 aliphatic carbocycles. The Hall–Kier alpha value is -3.62. The van der Waals surface area contributed by atoms with Gasteiger partial charge in [-0.15, -0.1) is 0 Å². The molecule has 6 atom stereocenters. The molecule has 0 spiro atoms. The average molecular weight is 619 g/mol. The van der Waals surface area contributed by atoms with Gasteiger partial charge in [-0.2, -0.15) is 5.09 Å². The number of imidazole rings is 1. The van der Waals surface area contributed by atoms with Crippen molar-refractivity contribution < 1.29 is 38.1 Å². The Morgan fingerprint density at radius 2 is 1.83 bits per heavy atom. The number of carbonyl (C=O) groups is 1. The summed E-state index contributed by atoms with van der Waals surface area (Å²) in [6.07, 6.45) is -4.25. The highest BCUT2D eigenvalue weighted by Gasteiger charge is 2.46. The van der Waals surface area contributed by atoms with E-state index in [1.807, 2.05) is 18.2 Å². The standard InChI is InChI=1S/C26H28ClN6O8P/c1-15(25(36)38-12-16-8-4-2-5-9-16)32-42(37,41-17-10-6-3-7-11-17)39-13-18-20(34)21(35)24(40-18)33-23-19(31-26(33)27)22(28)29-14-30-23/h2-11,14-15,18,20-21,24,34-35H,12-13H2,1H3,(H,32,37)(H2,28,29,30)/t15-,18-,20?,21+,24-,42?/m1/s1. The van der Waals surface area contributed by atoms with Crippen molar-refractivity contribution >= 4 is 42.3 Å². The Morgan fingerprint density at radius 3 is 2.55 bits per heavy atom. The number of hydrogen-bond donors (Lipinski definition) is 4. The third-order valence-electron chi connectivity index (χ3n) is 6.36. The summed E-state index contributed by atoms with van der Waals surface area (Å²) in [4.78, 5) is 24.8. The zero-order valence-corrected chi connectivity index (χ0v) is 23.8. The maximum Gasteiger partial charge on any atom is 0.459 e. The van der Waals surface area contributed by atoms with Crippen molar-refractivity contribution in [3.05, 3.63) is 77.8 Å². The second-order valence-electron chi connectivity index (χ2n) is 9.37. The summed E-state index contributed by atoms with van der Waals surface area (Å²) in [5, 5.41) is 24.0. The molecule has 4 aromatic rings. The van der Waals surface area contributed by atoms with Crippen LogP contribution >= 0.6 is 19.3 Å². The van der Waals surface area contributed by atoms with E-state index < -0.39 is 50.9 Å². The zero-order chi connectivity index (χ0) is 29.9. The number of ether oxygens (including phenoxy) is 2. The molecule has 5 N–H and O–H groups in total. The second kappa shape index (κ2) is 12.7. The number of fused-ring (bicyclic) bond motifs is 1. The molecule has 3 heterocycles. The maximum absolute atomic E-state index is 13.9. The van der Waals surface area contributed by atoms with Crippen LogP contribution in [-0.4, -0.2) is 66.7 Å². The molecular formula is C26H28ClN6O8P. The van der Waals surface area contributed by atoms with Crippen LogP contribution in [0.4, 0.5) is 5.82 Å². The van der Waals surface area contributed by atoms with Gasteiger partial charge in [0, 0.05) is 0 Å². The van der Waals surface area contributed by atoms with E-state index in [0.29, 0.717) is 0 Å². The molecule has 1 aliphatic rings. The smallest absolute Gasteiger partial charge is 0.459 e. The van der Waals surface area contributed by atoms with Crippen LogP contribution in [0.2, 0.25) is 5.28 Å². The van der Waals surface area contributed by atoms with E-state index in [1.165, 1.54) is 17.8 Å². The first-order chi connectivity index (χ1) is 20.1. The molecule has 42 heavy (non-hydrogen) atoms. The van der Waals surface area contributed by atoms with Crippen molar-refractivity contribution in [1.29, 1.82) is 0 Å². The van der Waals surface area contributed by atoms with Gasteiger partial charge in [0.2, 0.25) is 5.28 Å². The highest BCUT2D eigenvalue weighted by molar-refractivity contribution is 7.52. The van der Waals surface area contributed by atoms with Gasteiger partial charge in [-0.3, -0.25) is 13.9 Å². The van der Waals surface area contributed by atoms with E-state index in [2.05, 4.69) is 20.0 Å². The highest BCUT2D eigenvalue weighted by atomic mass is 35.5. The van der Waals surface area contributed by atoms with Crippen molar-refractivity contribution in [2.75, 3.05) is 12.3 Å². The van der Waals surface area contributed by atoms with Crippen LogP contribution in [0.25, 0.3) is 11.2 Å². The fraction of sp³-hybridized carbons (Fsp3) is 0.308. The van der Waals surface area contributed by atoms with Crippen molar-refractivity contribution in [2.24, 2.45) is 0 Å². The Bertz CT molecular complexity index is 1580. The first-order valence-electron chi connectivity index (χ1n) is 12.8.